The highest BCUT2D eigenvalue weighted by Crippen LogP contribution is 2.26. The van der Waals surface area contributed by atoms with Gasteiger partial charge in [0.15, 0.2) is 0 Å². The number of aryl methyl sites for hydroxylation is 2. The van der Waals surface area contributed by atoms with E-state index in [-0.39, 0.29) is 0 Å². The van der Waals surface area contributed by atoms with E-state index >= 15 is 0 Å². The Morgan fingerprint density at radius 3 is 2.75 bits per heavy atom. The van der Waals surface area contributed by atoms with Crippen LogP contribution in [0.5, 0.6) is 0 Å². The second kappa shape index (κ2) is 5.48. The third-order valence-corrected chi connectivity index (χ3v) is 3.53. The molecule has 20 heavy (non-hydrogen) atoms. The third kappa shape index (κ3) is 2.89. The summed E-state index contributed by atoms with van der Waals surface area (Å²) >= 11 is 0. The van der Waals surface area contributed by atoms with Crippen molar-refractivity contribution in [2.45, 2.75) is 32.3 Å². The number of benzene rings is 1. The van der Waals surface area contributed by atoms with Crippen LogP contribution in [0.4, 0.5) is 0 Å². The molecule has 4 heteroatoms. The normalized spacial score (nSPS) is 13.8. The number of aromatic nitrogens is 2. The van der Waals surface area contributed by atoms with Crippen LogP contribution in [0, 0.1) is 11.3 Å². The van der Waals surface area contributed by atoms with Crippen molar-refractivity contribution in [2.75, 3.05) is 0 Å². The Hall–Kier alpha value is -2.12. The zero-order valence-corrected chi connectivity index (χ0v) is 12.1. The van der Waals surface area contributed by atoms with Gasteiger partial charge in [-0.15, -0.1) is 0 Å². The molecule has 1 atom stereocenters. The van der Waals surface area contributed by atoms with Gasteiger partial charge in [0.05, 0.1) is 22.9 Å². The monoisotopic (exact) mass is 269 g/mol. The summed E-state index contributed by atoms with van der Waals surface area (Å²) in [6, 6.07) is 11.2. The van der Waals surface area contributed by atoms with Crippen LogP contribution in [0.2, 0.25) is 0 Å². The highest BCUT2D eigenvalue weighted by molar-refractivity contribution is 5.36. The molecule has 104 valence electrons. The molecule has 0 amide bonds. The highest BCUT2D eigenvalue weighted by Gasteiger charge is 2.25. The summed E-state index contributed by atoms with van der Waals surface area (Å²) in [4.78, 5) is 0. The topological polar surface area (TPSA) is 61.8 Å². The van der Waals surface area contributed by atoms with E-state index in [1.807, 2.05) is 19.2 Å². The van der Waals surface area contributed by atoms with Crippen LogP contribution < -0.4 is 0 Å². The molecule has 0 bridgehead atoms. The summed E-state index contributed by atoms with van der Waals surface area (Å²) in [5.74, 6) is 0. The van der Waals surface area contributed by atoms with Gasteiger partial charge >= 0.3 is 0 Å². The quantitative estimate of drug-likeness (QED) is 0.926. The SMILES string of the molecule is CCc1cc(CC(C)(O)c2cccc(C#N)c2)n(C)n1. The molecule has 1 heterocycles. The Morgan fingerprint density at radius 1 is 1.40 bits per heavy atom. The van der Waals surface area contributed by atoms with Gasteiger partial charge in [0.1, 0.15) is 0 Å². The maximum atomic E-state index is 10.7. The molecule has 0 spiro atoms. The first kappa shape index (κ1) is 14.3. The van der Waals surface area contributed by atoms with Gasteiger partial charge < -0.3 is 5.11 Å². The maximum absolute atomic E-state index is 10.7. The first-order chi connectivity index (χ1) is 9.46. The number of rotatable bonds is 4. The number of hydrogen-bond donors (Lipinski definition) is 1. The molecule has 2 aromatic rings. The first-order valence-electron chi connectivity index (χ1n) is 6.71. The van der Waals surface area contributed by atoms with E-state index < -0.39 is 5.60 Å². The Kier molecular flexibility index (Phi) is 3.91. The van der Waals surface area contributed by atoms with E-state index in [1.165, 1.54) is 0 Å². The molecule has 0 saturated carbocycles. The van der Waals surface area contributed by atoms with Crippen LogP contribution in [0.25, 0.3) is 0 Å². The van der Waals surface area contributed by atoms with Crippen LogP contribution in [0.1, 0.15) is 36.4 Å². The van der Waals surface area contributed by atoms with Crippen molar-refractivity contribution in [3.05, 3.63) is 52.8 Å². The van der Waals surface area contributed by atoms with Crippen LogP contribution in [-0.4, -0.2) is 14.9 Å². The van der Waals surface area contributed by atoms with Gasteiger partial charge in [0.25, 0.3) is 0 Å². The Bertz CT molecular complexity index is 650. The zero-order valence-electron chi connectivity index (χ0n) is 12.1. The molecule has 0 aliphatic heterocycles. The Balaban J connectivity index is 2.30. The van der Waals surface area contributed by atoms with Crippen molar-refractivity contribution in [1.82, 2.24) is 9.78 Å². The summed E-state index contributed by atoms with van der Waals surface area (Å²) in [6.07, 6.45) is 1.34. The lowest BCUT2D eigenvalue weighted by atomic mass is 9.90. The lowest BCUT2D eigenvalue weighted by Gasteiger charge is -2.24. The summed E-state index contributed by atoms with van der Waals surface area (Å²) in [5, 5.41) is 24.1. The molecule has 4 nitrogen and oxygen atoms in total. The predicted octanol–water partition coefficient (Wildman–Crippen LogP) is 2.30. The molecule has 0 fully saturated rings. The lowest BCUT2D eigenvalue weighted by Crippen LogP contribution is -2.25. The van der Waals surface area contributed by atoms with Gasteiger partial charge in [0.2, 0.25) is 0 Å². The smallest absolute Gasteiger partial charge is 0.0991 e. The largest absolute Gasteiger partial charge is 0.385 e. The van der Waals surface area contributed by atoms with Crippen molar-refractivity contribution in [1.29, 1.82) is 5.26 Å². The van der Waals surface area contributed by atoms with Crippen molar-refractivity contribution in [2.24, 2.45) is 7.05 Å². The predicted molar refractivity (Wildman–Crippen MR) is 77.0 cm³/mol. The highest BCUT2D eigenvalue weighted by atomic mass is 16.3. The first-order valence-corrected chi connectivity index (χ1v) is 6.71. The van der Waals surface area contributed by atoms with Crippen LogP contribution >= 0.6 is 0 Å². The summed E-state index contributed by atoms with van der Waals surface area (Å²) in [5.41, 5.74) is 2.28. The van der Waals surface area contributed by atoms with Crippen molar-refractivity contribution in [3.63, 3.8) is 0 Å². The molecule has 1 N–H and O–H groups in total. The number of aliphatic hydroxyl groups is 1. The van der Waals surface area contributed by atoms with Crippen molar-refractivity contribution in [3.8, 4) is 6.07 Å². The van der Waals surface area contributed by atoms with Crippen LogP contribution in [-0.2, 0) is 25.5 Å². The molecule has 1 aromatic carbocycles. The van der Waals surface area contributed by atoms with Gasteiger partial charge in [-0.25, -0.2) is 0 Å². The minimum Gasteiger partial charge on any atom is -0.385 e. The van der Waals surface area contributed by atoms with Crippen LogP contribution in [0.3, 0.4) is 0 Å². The summed E-state index contributed by atoms with van der Waals surface area (Å²) < 4.78 is 1.81. The van der Waals surface area contributed by atoms with E-state index in [9.17, 15) is 5.11 Å². The standard InChI is InChI=1S/C16H19N3O/c1-4-14-9-15(19(3)18-14)10-16(2,20)13-7-5-6-12(8-13)11-17/h5-9,20H,4,10H2,1-3H3. The van der Waals surface area contributed by atoms with Gasteiger partial charge in [-0.2, -0.15) is 10.4 Å². The Labute approximate surface area is 119 Å². The number of hydrogen-bond acceptors (Lipinski definition) is 3. The van der Waals surface area contributed by atoms with Crippen molar-refractivity contribution < 1.29 is 5.11 Å². The number of nitrogens with zero attached hydrogens (tertiary/aromatic N) is 3. The Morgan fingerprint density at radius 2 is 2.15 bits per heavy atom. The van der Waals surface area contributed by atoms with E-state index in [2.05, 4.69) is 18.1 Å². The minimum absolute atomic E-state index is 0.464. The van der Waals surface area contributed by atoms with Gasteiger partial charge in [0, 0.05) is 19.2 Å². The molecule has 0 aliphatic carbocycles. The summed E-state index contributed by atoms with van der Waals surface area (Å²) in [7, 11) is 1.89. The lowest BCUT2D eigenvalue weighted by molar-refractivity contribution is 0.0556. The molecular formula is C16H19N3O. The maximum Gasteiger partial charge on any atom is 0.0991 e. The molecule has 0 aliphatic rings. The summed E-state index contributed by atoms with van der Waals surface area (Å²) in [6.45, 7) is 3.82. The molecular weight excluding hydrogens is 250 g/mol. The van der Waals surface area contributed by atoms with Gasteiger partial charge in [-0.05, 0) is 37.1 Å². The van der Waals surface area contributed by atoms with Crippen molar-refractivity contribution >= 4 is 0 Å². The third-order valence-electron chi connectivity index (χ3n) is 3.53. The van der Waals surface area contributed by atoms with E-state index in [4.69, 9.17) is 5.26 Å². The zero-order chi connectivity index (χ0) is 14.8. The fourth-order valence-electron chi connectivity index (χ4n) is 2.29. The average molecular weight is 269 g/mol. The molecule has 0 radical (unpaired) electrons. The molecule has 2 rings (SSSR count). The molecule has 0 saturated heterocycles. The fraction of sp³-hybridized carbons (Fsp3) is 0.375. The number of nitriles is 1. The second-order valence-electron chi connectivity index (χ2n) is 5.25. The van der Waals surface area contributed by atoms with Gasteiger partial charge in [-0.3, -0.25) is 4.68 Å². The van der Waals surface area contributed by atoms with E-state index in [1.54, 1.807) is 29.8 Å². The van der Waals surface area contributed by atoms with E-state index in [0.29, 0.717) is 12.0 Å². The fourth-order valence-corrected chi connectivity index (χ4v) is 2.29. The molecule has 1 aromatic heterocycles. The van der Waals surface area contributed by atoms with Gasteiger partial charge in [-0.1, -0.05) is 19.1 Å². The van der Waals surface area contributed by atoms with E-state index in [0.717, 1.165) is 23.4 Å². The van der Waals surface area contributed by atoms with Crippen LogP contribution in [0.15, 0.2) is 30.3 Å². The average Bonchev–Trinajstić information content (AvgIpc) is 2.79. The second-order valence-corrected chi connectivity index (χ2v) is 5.25. The minimum atomic E-state index is -1.02. The molecule has 1 unspecified atom stereocenters.